The Morgan fingerprint density at radius 3 is 2.46 bits per heavy atom. The van der Waals surface area contributed by atoms with Gasteiger partial charge in [-0.15, -0.1) is 11.3 Å². The smallest absolute Gasteiger partial charge is 0.320 e. The Morgan fingerprint density at radius 1 is 0.893 bits per heavy atom. The lowest BCUT2D eigenvalue weighted by atomic mass is 9.96. The predicted molar refractivity (Wildman–Crippen MR) is 112 cm³/mol. The number of amides is 2. The fourth-order valence-corrected chi connectivity index (χ4v) is 4.43. The van der Waals surface area contributed by atoms with Crippen molar-refractivity contribution in [3.8, 4) is 0 Å². The van der Waals surface area contributed by atoms with Gasteiger partial charge in [-0.05, 0) is 29.8 Å². The van der Waals surface area contributed by atoms with Crippen LogP contribution < -0.4 is 10.6 Å². The number of benzene rings is 2. The molecule has 0 aliphatic carbocycles. The molecule has 1 aliphatic heterocycles. The fraction of sp³-hybridized carbons (Fsp3) is 0.0455. The first kappa shape index (κ1) is 16.6. The average Bonchev–Trinajstić information content (AvgIpc) is 3.18. The van der Waals surface area contributed by atoms with Gasteiger partial charge in [-0.25, -0.2) is 9.78 Å². The number of hydrogen-bond donors (Lipinski definition) is 2. The van der Waals surface area contributed by atoms with Crippen LogP contribution in [0.4, 0.5) is 4.79 Å². The first-order chi connectivity index (χ1) is 13.8. The number of rotatable bonds is 3. The molecule has 1 atom stereocenters. The highest BCUT2D eigenvalue weighted by molar-refractivity contribution is 7.19. The normalized spacial score (nSPS) is 16.7. The molecule has 3 heterocycles. The predicted octanol–water partition coefficient (Wildman–Crippen LogP) is 4.61. The van der Waals surface area contributed by atoms with Crippen LogP contribution >= 0.6 is 11.3 Å². The highest BCUT2D eigenvalue weighted by Gasteiger charge is 2.32. The number of urea groups is 1. The molecule has 28 heavy (non-hydrogen) atoms. The summed E-state index contributed by atoms with van der Waals surface area (Å²) in [6.45, 7) is 0. The SMILES string of the molecule is O=C1NC(c2ccccc2)=C(c2nc3ccccc3s2)C(c2ccccn2)N1. The number of para-hydroxylation sites is 1. The third-order valence-electron chi connectivity index (χ3n) is 4.64. The summed E-state index contributed by atoms with van der Waals surface area (Å²) in [7, 11) is 0. The molecule has 2 aromatic carbocycles. The molecular formula is C22H16N4OS. The molecule has 1 unspecified atom stereocenters. The van der Waals surface area contributed by atoms with Crippen molar-refractivity contribution in [1.82, 2.24) is 20.6 Å². The molecule has 6 heteroatoms. The van der Waals surface area contributed by atoms with Gasteiger partial charge in [0.1, 0.15) is 11.0 Å². The first-order valence-corrected chi connectivity index (χ1v) is 9.75. The van der Waals surface area contributed by atoms with Crippen molar-refractivity contribution in [3.05, 3.63) is 95.3 Å². The van der Waals surface area contributed by atoms with E-state index in [0.717, 1.165) is 37.8 Å². The lowest BCUT2D eigenvalue weighted by Crippen LogP contribution is -2.43. The summed E-state index contributed by atoms with van der Waals surface area (Å²) in [4.78, 5) is 21.8. The largest absolute Gasteiger partial charge is 0.325 e. The summed E-state index contributed by atoms with van der Waals surface area (Å²) >= 11 is 1.61. The molecule has 5 rings (SSSR count). The first-order valence-electron chi connectivity index (χ1n) is 8.93. The van der Waals surface area contributed by atoms with E-state index in [0.29, 0.717) is 0 Å². The van der Waals surface area contributed by atoms with Gasteiger partial charge >= 0.3 is 6.03 Å². The van der Waals surface area contributed by atoms with E-state index in [9.17, 15) is 4.79 Å². The van der Waals surface area contributed by atoms with E-state index in [1.54, 1.807) is 17.5 Å². The van der Waals surface area contributed by atoms with Gasteiger partial charge in [0, 0.05) is 11.8 Å². The average molecular weight is 384 g/mol. The van der Waals surface area contributed by atoms with Crippen molar-refractivity contribution >= 4 is 38.9 Å². The molecule has 0 radical (unpaired) electrons. The van der Waals surface area contributed by atoms with E-state index in [4.69, 9.17) is 4.98 Å². The van der Waals surface area contributed by atoms with Gasteiger partial charge in [0.25, 0.3) is 0 Å². The molecule has 0 spiro atoms. The van der Waals surface area contributed by atoms with Crippen molar-refractivity contribution in [2.75, 3.05) is 0 Å². The van der Waals surface area contributed by atoms with Gasteiger partial charge in [0.15, 0.2) is 0 Å². The number of carbonyl (C=O) groups excluding carboxylic acids is 1. The summed E-state index contributed by atoms with van der Waals surface area (Å²) in [6.07, 6.45) is 1.74. The standard InChI is InChI=1S/C22H16N4OS/c27-22-25-19(14-8-2-1-3-9-14)18(20(26-22)16-11-6-7-13-23-16)21-24-15-10-4-5-12-17(15)28-21/h1-13,20H,(H2,25,26,27). The number of carbonyl (C=O) groups is 1. The quantitative estimate of drug-likeness (QED) is 0.542. The molecule has 0 saturated heterocycles. The molecule has 2 N–H and O–H groups in total. The van der Waals surface area contributed by atoms with Crippen LogP contribution in [0.5, 0.6) is 0 Å². The topological polar surface area (TPSA) is 66.9 Å². The van der Waals surface area contributed by atoms with Crippen molar-refractivity contribution < 1.29 is 4.79 Å². The van der Waals surface area contributed by atoms with Gasteiger partial charge in [0.2, 0.25) is 0 Å². The Hall–Kier alpha value is -3.51. The zero-order valence-electron chi connectivity index (χ0n) is 14.8. The summed E-state index contributed by atoms with van der Waals surface area (Å²) in [5.74, 6) is 0. The molecule has 2 amide bonds. The van der Waals surface area contributed by atoms with Crippen molar-refractivity contribution in [2.45, 2.75) is 6.04 Å². The minimum absolute atomic E-state index is 0.251. The number of nitrogens with zero attached hydrogens (tertiary/aromatic N) is 2. The number of nitrogens with one attached hydrogen (secondary N) is 2. The maximum absolute atomic E-state index is 12.5. The third kappa shape index (κ3) is 2.93. The maximum atomic E-state index is 12.5. The van der Waals surface area contributed by atoms with Gasteiger partial charge < -0.3 is 10.6 Å². The van der Waals surface area contributed by atoms with Crippen LogP contribution in [0.15, 0.2) is 79.0 Å². The second-order valence-corrected chi connectivity index (χ2v) is 7.46. The van der Waals surface area contributed by atoms with Crippen LogP contribution in [0.2, 0.25) is 0 Å². The van der Waals surface area contributed by atoms with Crippen molar-refractivity contribution in [2.24, 2.45) is 0 Å². The Morgan fingerprint density at radius 2 is 1.68 bits per heavy atom. The Labute approximate surface area is 165 Å². The number of aromatic nitrogens is 2. The second-order valence-electron chi connectivity index (χ2n) is 6.43. The number of pyridine rings is 1. The second kappa shape index (κ2) is 6.90. The molecule has 0 saturated carbocycles. The number of fused-ring (bicyclic) bond motifs is 1. The number of hydrogen-bond acceptors (Lipinski definition) is 4. The summed E-state index contributed by atoms with van der Waals surface area (Å²) in [6, 6.07) is 23.0. The van der Waals surface area contributed by atoms with Crippen LogP contribution in [-0.2, 0) is 0 Å². The van der Waals surface area contributed by atoms with E-state index in [-0.39, 0.29) is 12.1 Å². The van der Waals surface area contributed by atoms with E-state index < -0.39 is 0 Å². The Balaban J connectivity index is 1.78. The van der Waals surface area contributed by atoms with Crippen LogP contribution in [0, 0.1) is 0 Å². The van der Waals surface area contributed by atoms with Crippen molar-refractivity contribution in [1.29, 1.82) is 0 Å². The zero-order valence-corrected chi connectivity index (χ0v) is 15.6. The van der Waals surface area contributed by atoms with Crippen LogP contribution in [-0.4, -0.2) is 16.0 Å². The third-order valence-corrected chi connectivity index (χ3v) is 5.71. The highest BCUT2D eigenvalue weighted by Crippen LogP contribution is 2.40. The minimum Gasteiger partial charge on any atom is -0.325 e. The molecule has 4 aromatic rings. The summed E-state index contributed by atoms with van der Waals surface area (Å²) in [5.41, 5.74) is 4.34. The minimum atomic E-state index is -0.384. The van der Waals surface area contributed by atoms with Crippen molar-refractivity contribution in [3.63, 3.8) is 0 Å². The number of thiazole rings is 1. The molecule has 1 aliphatic rings. The summed E-state index contributed by atoms with van der Waals surface area (Å²) in [5, 5.41) is 6.88. The lowest BCUT2D eigenvalue weighted by molar-refractivity contribution is 0.242. The van der Waals surface area contributed by atoms with Gasteiger partial charge in [-0.2, -0.15) is 0 Å². The maximum Gasteiger partial charge on any atom is 0.320 e. The van der Waals surface area contributed by atoms with E-state index in [1.807, 2.05) is 66.7 Å². The Bertz CT molecular complexity index is 1150. The van der Waals surface area contributed by atoms with E-state index in [1.165, 1.54) is 0 Å². The zero-order chi connectivity index (χ0) is 18.9. The van der Waals surface area contributed by atoms with Gasteiger partial charge in [-0.3, -0.25) is 4.98 Å². The van der Waals surface area contributed by atoms with Crippen LogP contribution in [0.25, 0.3) is 21.5 Å². The molecule has 0 fully saturated rings. The van der Waals surface area contributed by atoms with Crippen LogP contribution in [0.1, 0.15) is 22.3 Å². The lowest BCUT2D eigenvalue weighted by Gasteiger charge is -2.29. The van der Waals surface area contributed by atoms with E-state index >= 15 is 0 Å². The fourth-order valence-electron chi connectivity index (χ4n) is 3.38. The monoisotopic (exact) mass is 384 g/mol. The Kier molecular flexibility index (Phi) is 4.10. The molecule has 2 aromatic heterocycles. The van der Waals surface area contributed by atoms with Gasteiger partial charge in [0.05, 0.1) is 21.6 Å². The van der Waals surface area contributed by atoms with Crippen LogP contribution in [0.3, 0.4) is 0 Å². The molecule has 5 nitrogen and oxygen atoms in total. The summed E-state index contributed by atoms with van der Waals surface area (Å²) < 4.78 is 1.11. The molecule has 0 bridgehead atoms. The highest BCUT2D eigenvalue weighted by atomic mass is 32.1. The van der Waals surface area contributed by atoms with E-state index in [2.05, 4.69) is 21.7 Å². The van der Waals surface area contributed by atoms with Gasteiger partial charge in [-0.1, -0.05) is 48.5 Å². The molecule has 136 valence electrons. The molecular weight excluding hydrogens is 368 g/mol.